The number of hydrogen-bond donors (Lipinski definition) is 1. The third-order valence-corrected chi connectivity index (χ3v) is 15.6. The van der Waals surface area contributed by atoms with Crippen molar-refractivity contribution in [2.75, 3.05) is 40.0 Å². The maximum atomic E-state index is 15.5. The Bertz CT molecular complexity index is 3050. The van der Waals surface area contributed by atoms with Gasteiger partial charge in [0.15, 0.2) is 23.0 Å². The zero-order chi connectivity index (χ0) is 51.3. The van der Waals surface area contributed by atoms with Crippen molar-refractivity contribution in [3.8, 4) is 23.0 Å². The first-order chi connectivity index (χ1) is 34.9. The number of ether oxygens (including phenoxy) is 6. The van der Waals surface area contributed by atoms with Crippen molar-refractivity contribution in [2.24, 2.45) is 11.8 Å². The number of nitrogens with zero attached hydrogens (tertiary/aromatic N) is 1. The summed E-state index contributed by atoms with van der Waals surface area (Å²) >= 11 is 0. The minimum atomic E-state index is -0.550. The molecule has 0 bridgehead atoms. The summed E-state index contributed by atoms with van der Waals surface area (Å²) in [5.74, 6) is 2.85. The van der Waals surface area contributed by atoms with Crippen LogP contribution in [0, 0.1) is 23.5 Å². The Morgan fingerprint density at radius 2 is 1.21 bits per heavy atom. The van der Waals surface area contributed by atoms with Crippen LogP contribution in [0.1, 0.15) is 127 Å². The lowest BCUT2D eigenvalue weighted by molar-refractivity contribution is -0.121. The number of halogens is 2. The summed E-state index contributed by atoms with van der Waals surface area (Å²) in [7, 11) is 0. The van der Waals surface area contributed by atoms with Crippen molar-refractivity contribution in [3.05, 3.63) is 118 Å². The maximum Gasteiger partial charge on any atom is 0.231 e. The summed E-state index contributed by atoms with van der Waals surface area (Å²) < 4.78 is 65.1. The fourth-order valence-corrected chi connectivity index (χ4v) is 10.9. The molecule has 73 heavy (non-hydrogen) atoms. The third kappa shape index (κ3) is 10.5. The molecule has 2 saturated heterocycles. The van der Waals surface area contributed by atoms with Gasteiger partial charge in [-0.2, -0.15) is 0 Å². The molecule has 13 heteroatoms. The molecule has 2 saturated carbocycles. The quantitative estimate of drug-likeness (QED) is 0.126. The smallest absolute Gasteiger partial charge is 0.231 e. The number of hydrogen-bond acceptors (Lipinski definition) is 9. The first kappa shape index (κ1) is 50.5. The van der Waals surface area contributed by atoms with E-state index in [4.69, 9.17) is 28.4 Å². The van der Waals surface area contributed by atoms with Crippen LogP contribution in [0.25, 0.3) is 21.8 Å². The lowest BCUT2D eigenvalue weighted by Gasteiger charge is -2.27. The minimum absolute atomic E-state index is 0.0527. The van der Waals surface area contributed by atoms with Gasteiger partial charge < -0.3 is 42.8 Å². The number of aromatic nitrogens is 2. The largest absolute Gasteiger partial charge is 0.454 e. The van der Waals surface area contributed by atoms with Crippen LogP contribution in [0.2, 0.25) is 0 Å². The Balaban J connectivity index is 0.000000148. The third-order valence-electron chi connectivity index (χ3n) is 15.6. The summed E-state index contributed by atoms with van der Waals surface area (Å²) in [6.45, 7) is 17.2. The average molecular weight is 999 g/mol. The Morgan fingerprint density at radius 1 is 0.658 bits per heavy atom. The van der Waals surface area contributed by atoms with Crippen LogP contribution in [0.3, 0.4) is 0 Å². The number of aldehydes is 1. The van der Waals surface area contributed by atoms with Crippen LogP contribution in [0.4, 0.5) is 8.78 Å². The maximum absolute atomic E-state index is 15.5. The highest BCUT2D eigenvalue weighted by molar-refractivity contribution is 5.96. The van der Waals surface area contributed by atoms with Crippen LogP contribution < -0.4 is 18.9 Å². The number of carbonyl (C=O) groups excluding carboxylic acids is 3. The SMILES string of the molecule is CC(C)(C)c1cc2cc(CC(=O)C3(c4ccc5c(c4)OCO5)CC3)c(F)cc2[nH]1.CC(C)(C)c1cc2cc(CC(=O)C3(c4ccc5c(c4)OCO5)CC3)c(F)cc2n1CC1CCCOC1.O=CC1CCCOC1. The van der Waals surface area contributed by atoms with Crippen LogP contribution in [-0.2, 0) is 64.9 Å². The monoisotopic (exact) mass is 998 g/mol. The van der Waals surface area contributed by atoms with Gasteiger partial charge in [-0.15, -0.1) is 0 Å². The second-order valence-corrected chi connectivity index (χ2v) is 23.1. The van der Waals surface area contributed by atoms with E-state index < -0.39 is 10.8 Å². The summed E-state index contributed by atoms with van der Waals surface area (Å²) in [6, 6.07) is 22.5. The Kier molecular flexibility index (Phi) is 13.8. The van der Waals surface area contributed by atoms with Gasteiger partial charge in [0.25, 0.3) is 0 Å². The Morgan fingerprint density at radius 3 is 1.70 bits per heavy atom. The molecule has 6 heterocycles. The predicted molar refractivity (Wildman–Crippen MR) is 275 cm³/mol. The number of H-pyrrole nitrogens is 1. The second kappa shape index (κ2) is 20.0. The lowest BCUT2D eigenvalue weighted by atomic mass is 9.87. The van der Waals surface area contributed by atoms with Crippen LogP contribution in [0.5, 0.6) is 23.0 Å². The number of fused-ring (bicyclic) bond motifs is 4. The number of ketones is 2. The molecule has 6 aliphatic rings. The summed E-state index contributed by atoms with van der Waals surface area (Å²) in [5.41, 5.74) is 5.48. The fourth-order valence-electron chi connectivity index (χ4n) is 10.9. The van der Waals surface area contributed by atoms with Gasteiger partial charge >= 0.3 is 0 Å². The number of nitrogens with one attached hydrogen (secondary N) is 1. The standard InChI is InChI=1S/C30H34FNO4.C24H24FNO3.C6H10O2/c1-29(2,3)27-12-21-11-20(23(31)15-24(21)32(27)16-19-5-4-10-34-17-19)13-28(33)30(8-9-30)22-6-7-25-26(14-22)36-18-35-25;1-23(2,3)21-9-15-8-14(17(25)12-18(15)26-21)10-22(27)24(6-7-24)16-4-5-19-20(11-16)29-13-28-19;7-4-6-2-1-3-8-5-6/h6-7,11-12,14-15,19H,4-5,8-10,13,16-18H2,1-3H3;4-5,8-9,11-12,26H,6-7,10,13H2,1-3H3;4,6H,1-3,5H2. The number of benzene rings is 4. The molecule has 2 unspecified atom stereocenters. The van der Waals surface area contributed by atoms with Gasteiger partial charge in [0.05, 0.1) is 29.6 Å². The van der Waals surface area contributed by atoms with Crippen LogP contribution in [-0.4, -0.2) is 67.4 Å². The molecular weight excluding hydrogens is 931 g/mol. The van der Waals surface area contributed by atoms with Crippen molar-refractivity contribution in [2.45, 2.75) is 134 Å². The summed E-state index contributed by atoms with van der Waals surface area (Å²) in [4.78, 5) is 40.1. The molecule has 0 radical (unpaired) electrons. The van der Waals surface area contributed by atoms with E-state index >= 15 is 4.39 Å². The zero-order valence-electron chi connectivity index (χ0n) is 43.1. The highest BCUT2D eigenvalue weighted by atomic mass is 19.1. The first-order valence-corrected chi connectivity index (χ1v) is 26.1. The molecule has 11 nitrogen and oxygen atoms in total. The summed E-state index contributed by atoms with van der Waals surface area (Å²) in [6.07, 6.45) is 8.55. The molecule has 12 rings (SSSR count). The molecule has 2 aliphatic carbocycles. The number of aromatic amines is 1. The van der Waals surface area contributed by atoms with E-state index in [1.54, 1.807) is 6.07 Å². The minimum Gasteiger partial charge on any atom is -0.454 e. The average Bonchev–Trinajstić information content (AvgIpc) is 4.12. The van der Waals surface area contributed by atoms with Gasteiger partial charge in [0.1, 0.15) is 29.5 Å². The van der Waals surface area contributed by atoms with Gasteiger partial charge in [-0.25, -0.2) is 8.78 Å². The molecule has 4 fully saturated rings. The molecule has 2 atom stereocenters. The molecule has 6 aromatic rings. The number of carbonyl (C=O) groups is 3. The first-order valence-electron chi connectivity index (χ1n) is 26.1. The lowest BCUT2D eigenvalue weighted by Crippen LogP contribution is -2.25. The van der Waals surface area contributed by atoms with Gasteiger partial charge in [-0.3, -0.25) is 9.59 Å². The van der Waals surface area contributed by atoms with E-state index in [9.17, 15) is 18.8 Å². The van der Waals surface area contributed by atoms with Crippen molar-refractivity contribution in [1.82, 2.24) is 9.55 Å². The van der Waals surface area contributed by atoms with Gasteiger partial charge in [0.2, 0.25) is 13.6 Å². The van der Waals surface area contributed by atoms with Crippen LogP contribution >= 0.6 is 0 Å². The van der Waals surface area contributed by atoms with Crippen molar-refractivity contribution in [3.63, 3.8) is 0 Å². The van der Waals surface area contributed by atoms with Crippen molar-refractivity contribution < 1.29 is 51.6 Å². The fraction of sp³-hybridized carbons (Fsp3) is 0.483. The van der Waals surface area contributed by atoms with Gasteiger partial charge in [0, 0.05) is 82.9 Å². The van der Waals surface area contributed by atoms with E-state index in [1.807, 2.05) is 54.6 Å². The summed E-state index contributed by atoms with van der Waals surface area (Å²) in [5, 5.41) is 1.93. The molecule has 0 amide bonds. The van der Waals surface area contributed by atoms with E-state index in [0.717, 1.165) is 123 Å². The topological polar surface area (TPSA) is 127 Å². The highest BCUT2D eigenvalue weighted by Gasteiger charge is 2.52. The van der Waals surface area contributed by atoms with Crippen LogP contribution in [0.15, 0.2) is 72.8 Å². The number of Topliss-reactive ketones (excluding diaryl/α,β-unsaturated/α-hetero) is 2. The van der Waals surface area contributed by atoms with Crippen molar-refractivity contribution >= 4 is 39.7 Å². The molecule has 1 N–H and O–H groups in total. The van der Waals surface area contributed by atoms with Gasteiger partial charge in [-0.05, 0) is 134 Å². The van der Waals surface area contributed by atoms with E-state index in [2.05, 4.69) is 57.2 Å². The molecular formula is C60H68F2N2O9. The molecule has 0 spiro atoms. The Hall–Kier alpha value is -6.05. The van der Waals surface area contributed by atoms with Gasteiger partial charge in [-0.1, -0.05) is 53.7 Å². The molecule has 4 aliphatic heterocycles. The van der Waals surface area contributed by atoms with E-state index in [-0.39, 0.29) is 66.4 Å². The normalized spacial score (nSPS) is 20.2. The Labute approximate surface area is 426 Å². The van der Waals surface area contributed by atoms with E-state index in [1.165, 1.54) is 11.8 Å². The second-order valence-electron chi connectivity index (χ2n) is 23.1. The zero-order valence-corrected chi connectivity index (χ0v) is 43.1. The molecule has 386 valence electrons. The molecule has 4 aromatic carbocycles. The number of rotatable bonds is 11. The highest BCUT2D eigenvalue weighted by Crippen LogP contribution is 2.53. The predicted octanol–water partition coefficient (Wildman–Crippen LogP) is 11.9. The van der Waals surface area contributed by atoms with E-state index in [0.29, 0.717) is 46.6 Å². The molecule has 2 aromatic heterocycles. The van der Waals surface area contributed by atoms with Crippen molar-refractivity contribution in [1.29, 1.82) is 0 Å².